The van der Waals surface area contributed by atoms with Gasteiger partial charge in [0.15, 0.2) is 0 Å². The van der Waals surface area contributed by atoms with Gasteiger partial charge in [-0.1, -0.05) is 29.8 Å². The summed E-state index contributed by atoms with van der Waals surface area (Å²) in [7, 11) is 0. The standard InChI is InChI=1S/C14H17ClN2O/c15-12-4-2-1-3-11(12)10-5-8-17(9-10)13(18)14(16)6-7-14/h1-4,10H,5-9,16H2/t10-/m0/s1. The highest BCUT2D eigenvalue weighted by Gasteiger charge is 2.49. The minimum Gasteiger partial charge on any atom is -0.340 e. The van der Waals surface area contributed by atoms with Gasteiger partial charge in [0.2, 0.25) is 5.91 Å². The zero-order valence-electron chi connectivity index (χ0n) is 10.2. The molecule has 4 heteroatoms. The number of nitrogens with zero attached hydrogens (tertiary/aromatic N) is 1. The van der Waals surface area contributed by atoms with E-state index in [-0.39, 0.29) is 5.91 Å². The van der Waals surface area contributed by atoms with E-state index >= 15 is 0 Å². The Hall–Kier alpha value is -1.06. The number of halogens is 1. The average molecular weight is 265 g/mol. The average Bonchev–Trinajstić information content (AvgIpc) is 2.94. The van der Waals surface area contributed by atoms with E-state index in [1.165, 1.54) is 0 Å². The maximum Gasteiger partial charge on any atom is 0.242 e. The van der Waals surface area contributed by atoms with Crippen molar-refractivity contribution in [3.63, 3.8) is 0 Å². The first-order valence-corrected chi connectivity index (χ1v) is 6.81. The topological polar surface area (TPSA) is 46.3 Å². The van der Waals surface area contributed by atoms with Crippen molar-refractivity contribution in [3.05, 3.63) is 34.9 Å². The van der Waals surface area contributed by atoms with Crippen LogP contribution >= 0.6 is 11.6 Å². The molecule has 0 radical (unpaired) electrons. The van der Waals surface area contributed by atoms with E-state index in [2.05, 4.69) is 6.07 Å². The molecule has 1 heterocycles. The van der Waals surface area contributed by atoms with E-state index < -0.39 is 5.54 Å². The van der Waals surface area contributed by atoms with E-state index in [4.69, 9.17) is 17.3 Å². The SMILES string of the molecule is NC1(C(=O)N2CC[C@H](c3ccccc3Cl)C2)CC1. The second-order valence-corrected chi connectivity index (χ2v) is 5.82. The lowest BCUT2D eigenvalue weighted by Gasteiger charge is -2.20. The van der Waals surface area contributed by atoms with Crippen LogP contribution in [0.25, 0.3) is 0 Å². The van der Waals surface area contributed by atoms with Crippen molar-refractivity contribution in [3.8, 4) is 0 Å². The summed E-state index contributed by atoms with van der Waals surface area (Å²) in [6.07, 6.45) is 2.64. The van der Waals surface area contributed by atoms with Crippen LogP contribution in [0.5, 0.6) is 0 Å². The van der Waals surface area contributed by atoms with Crippen molar-refractivity contribution in [2.75, 3.05) is 13.1 Å². The van der Waals surface area contributed by atoms with Crippen LogP contribution in [0.1, 0.15) is 30.7 Å². The molecule has 1 amide bonds. The summed E-state index contributed by atoms with van der Waals surface area (Å²) in [6, 6.07) is 7.89. The fourth-order valence-electron chi connectivity index (χ4n) is 2.67. The Kier molecular flexibility index (Phi) is 2.83. The molecular formula is C14H17ClN2O. The van der Waals surface area contributed by atoms with Crippen molar-refractivity contribution in [1.29, 1.82) is 0 Å². The van der Waals surface area contributed by atoms with Gasteiger partial charge in [-0.25, -0.2) is 0 Å². The maximum absolute atomic E-state index is 12.2. The van der Waals surface area contributed by atoms with E-state index in [9.17, 15) is 4.79 Å². The van der Waals surface area contributed by atoms with Gasteiger partial charge in [-0.15, -0.1) is 0 Å². The molecule has 1 aromatic carbocycles. The Morgan fingerprint density at radius 1 is 1.39 bits per heavy atom. The van der Waals surface area contributed by atoms with Gasteiger partial charge < -0.3 is 10.6 Å². The summed E-state index contributed by atoms with van der Waals surface area (Å²) < 4.78 is 0. The number of rotatable bonds is 2. The quantitative estimate of drug-likeness (QED) is 0.890. The number of amides is 1. The highest BCUT2D eigenvalue weighted by molar-refractivity contribution is 6.31. The summed E-state index contributed by atoms with van der Waals surface area (Å²) in [5.74, 6) is 0.474. The number of carbonyl (C=O) groups excluding carboxylic acids is 1. The van der Waals surface area contributed by atoms with Gasteiger partial charge in [0.05, 0.1) is 5.54 Å². The predicted octanol–water partition coefficient (Wildman–Crippen LogP) is 2.15. The molecule has 3 nitrogen and oxygen atoms in total. The molecule has 2 fully saturated rings. The van der Waals surface area contributed by atoms with Crippen LogP contribution in [-0.4, -0.2) is 29.4 Å². The summed E-state index contributed by atoms with van der Waals surface area (Å²) in [5.41, 5.74) is 6.57. The molecular weight excluding hydrogens is 248 g/mol. The minimum absolute atomic E-state index is 0.122. The van der Waals surface area contributed by atoms with Crippen LogP contribution < -0.4 is 5.73 Å². The van der Waals surface area contributed by atoms with Crippen molar-refractivity contribution in [1.82, 2.24) is 4.90 Å². The first kappa shape index (κ1) is 12.0. The van der Waals surface area contributed by atoms with Crippen molar-refractivity contribution >= 4 is 17.5 Å². The molecule has 1 aromatic rings. The summed E-state index contributed by atoms with van der Waals surface area (Å²) in [6.45, 7) is 1.55. The largest absolute Gasteiger partial charge is 0.340 e. The number of likely N-dealkylation sites (tertiary alicyclic amines) is 1. The van der Waals surface area contributed by atoms with Gasteiger partial charge in [0.25, 0.3) is 0 Å². The first-order valence-electron chi connectivity index (χ1n) is 6.43. The molecule has 3 rings (SSSR count). The van der Waals surface area contributed by atoms with Crippen LogP contribution in [-0.2, 0) is 4.79 Å². The zero-order chi connectivity index (χ0) is 12.8. The normalized spacial score (nSPS) is 25.2. The second-order valence-electron chi connectivity index (χ2n) is 5.41. The van der Waals surface area contributed by atoms with Crippen LogP contribution in [0.3, 0.4) is 0 Å². The summed E-state index contributed by atoms with van der Waals surface area (Å²) >= 11 is 6.21. The number of benzene rings is 1. The summed E-state index contributed by atoms with van der Waals surface area (Å²) in [5, 5.41) is 0.797. The maximum atomic E-state index is 12.2. The van der Waals surface area contributed by atoms with Gasteiger partial charge >= 0.3 is 0 Å². The molecule has 1 aliphatic heterocycles. The molecule has 1 atom stereocenters. The van der Waals surface area contributed by atoms with Gasteiger partial charge in [-0.05, 0) is 30.9 Å². The molecule has 1 aliphatic carbocycles. The molecule has 1 saturated carbocycles. The van der Waals surface area contributed by atoms with Gasteiger partial charge in [0, 0.05) is 24.0 Å². The molecule has 0 spiro atoms. The number of hydrogen-bond donors (Lipinski definition) is 1. The second kappa shape index (κ2) is 4.25. The van der Waals surface area contributed by atoms with Crippen molar-refractivity contribution in [2.45, 2.75) is 30.7 Å². The van der Waals surface area contributed by atoms with Gasteiger partial charge in [-0.2, -0.15) is 0 Å². The Morgan fingerprint density at radius 2 is 2.11 bits per heavy atom. The Balaban J connectivity index is 1.72. The fraction of sp³-hybridized carbons (Fsp3) is 0.500. The Morgan fingerprint density at radius 3 is 2.78 bits per heavy atom. The van der Waals surface area contributed by atoms with Crippen LogP contribution in [0.15, 0.2) is 24.3 Å². The van der Waals surface area contributed by atoms with Crippen molar-refractivity contribution in [2.24, 2.45) is 5.73 Å². The highest BCUT2D eigenvalue weighted by atomic mass is 35.5. The third-order valence-corrected chi connectivity index (χ3v) is 4.38. The van der Waals surface area contributed by atoms with Crippen molar-refractivity contribution < 1.29 is 4.79 Å². The molecule has 2 N–H and O–H groups in total. The van der Waals surface area contributed by atoms with Gasteiger partial charge in [-0.3, -0.25) is 4.79 Å². The molecule has 0 unspecified atom stereocenters. The van der Waals surface area contributed by atoms with E-state index in [1.807, 2.05) is 23.1 Å². The number of nitrogens with two attached hydrogens (primary N) is 1. The minimum atomic E-state index is -0.546. The number of hydrogen-bond acceptors (Lipinski definition) is 2. The fourth-order valence-corrected chi connectivity index (χ4v) is 2.96. The lowest BCUT2D eigenvalue weighted by atomic mass is 9.98. The number of carbonyl (C=O) groups is 1. The highest BCUT2D eigenvalue weighted by Crippen LogP contribution is 2.38. The predicted molar refractivity (Wildman–Crippen MR) is 71.5 cm³/mol. The lowest BCUT2D eigenvalue weighted by Crippen LogP contribution is -2.44. The molecule has 1 saturated heterocycles. The molecule has 0 aromatic heterocycles. The lowest BCUT2D eigenvalue weighted by molar-refractivity contribution is -0.132. The third kappa shape index (κ3) is 2.02. The molecule has 96 valence electrons. The smallest absolute Gasteiger partial charge is 0.242 e. The molecule has 18 heavy (non-hydrogen) atoms. The van der Waals surface area contributed by atoms with E-state index in [0.29, 0.717) is 5.92 Å². The van der Waals surface area contributed by atoms with Crippen LogP contribution in [0.2, 0.25) is 5.02 Å². The zero-order valence-corrected chi connectivity index (χ0v) is 11.0. The van der Waals surface area contributed by atoms with Crippen LogP contribution in [0, 0.1) is 0 Å². The Labute approximate surface area is 112 Å². The van der Waals surface area contributed by atoms with E-state index in [1.54, 1.807) is 0 Å². The van der Waals surface area contributed by atoms with E-state index in [0.717, 1.165) is 42.9 Å². The monoisotopic (exact) mass is 264 g/mol. The third-order valence-electron chi connectivity index (χ3n) is 4.04. The first-order chi connectivity index (χ1) is 8.60. The molecule has 0 bridgehead atoms. The van der Waals surface area contributed by atoms with Gasteiger partial charge in [0.1, 0.15) is 0 Å². The Bertz CT molecular complexity index is 484. The summed E-state index contributed by atoms with van der Waals surface area (Å²) in [4.78, 5) is 14.1. The van der Waals surface area contributed by atoms with Crippen LogP contribution in [0.4, 0.5) is 0 Å². The molecule has 2 aliphatic rings.